The Labute approximate surface area is 96.7 Å². The van der Waals surface area contributed by atoms with Gasteiger partial charge in [-0.25, -0.2) is 4.90 Å². The summed E-state index contributed by atoms with van der Waals surface area (Å²) < 4.78 is 0.514. The summed E-state index contributed by atoms with van der Waals surface area (Å²) in [6.07, 6.45) is 2.10. The normalized spacial score (nSPS) is 16.2. The number of carbonyl (C=O) groups excluding carboxylic acids is 2. The second-order valence-electron chi connectivity index (χ2n) is 3.16. The van der Waals surface area contributed by atoms with E-state index in [1.807, 2.05) is 0 Å². The van der Waals surface area contributed by atoms with Gasteiger partial charge >= 0.3 is 0 Å². The highest BCUT2D eigenvalue weighted by molar-refractivity contribution is 7.81. The van der Waals surface area contributed by atoms with E-state index >= 15 is 0 Å². The van der Waals surface area contributed by atoms with Gasteiger partial charge in [0.2, 0.25) is 11.8 Å². The first kappa shape index (κ1) is 10.4. The van der Waals surface area contributed by atoms with Crippen LogP contribution in [0.1, 0.15) is 12.8 Å². The van der Waals surface area contributed by atoms with Crippen LogP contribution in [0.25, 0.3) is 0 Å². The molecule has 6 heteroatoms. The van der Waals surface area contributed by atoms with Gasteiger partial charge in [-0.1, -0.05) is 12.2 Å². The molecule has 0 bridgehead atoms. The smallest absolute Gasteiger partial charge is 0.235 e. The fourth-order valence-electron chi connectivity index (χ4n) is 1.46. The summed E-state index contributed by atoms with van der Waals surface area (Å²) in [5.41, 5.74) is 0. The van der Waals surface area contributed by atoms with Gasteiger partial charge in [-0.3, -0.25) is 9.59 Å². The molecule has 1 aromatic rings. The maximum Gasteiger partial charge on any atom is 0.235 e. The summed E-state index contributed by atoms with van der Waals surface area (Å²) in [6.45, 7) is 0. The van der Waals surface area contributed by atoms with E-state index in [0.717, 1.165) is 4.90 Å². The van der Waals surface area contributed by atoms with E-state index in [9.17, 15) is 9.59 Å². The molecule has 1 aliphatic rings. The third-order valence-corrected chi connectivity index (χ3v) is 3.13. The Hall–Kier alpha value is -1.14. The molecule has 0 aliphatic carbocycles. The lowest BCUT2D eigenvalue weighted by Crippen LogP contribution is -2.29. The van der Waals surface area contributed by atoms with Crippen LogP contribution >= 0.6 is 24.8 Å². The topological polar surface area (TPSA) is 53.2 Å². The van der Waals surface area contributed by atoms with Gasteiger partial charge in [0.25, 0.3) is 0 Å². The Morgan fingerprint density at radius 1 is 1.33 bits per heavy atom. The number of pyridine rings is 1. The summed E-state index contributed by atoms with van der Waals surface area (Å²) in [7, 11) is 0. The molecule has 0 radical (unpaired) electrons. The predicted molar refractivity (Wildman–Crippen MR) is 60.6 cm³/mol. The summed E-state index contributed by atoms with van der Waals surface area (Å²) in [4.78, 5) is 27.3. The summed E-state index contributed by atoms with van der Waals surface area (Å²) in [5.74, 6) is -0.0577. The van der Waals surface area contributed by atoms with Gasteiger partial charge in [0.1, 0.15) is 5.82 Å². The maximum atomic E-state index is 11.5. The van der Waals surface area contributed by atoms with Crippen LogP contribution in [0.15, 0.2) is 17.2 Å². The monoisotopic (exact) mass is 240 g/mol. The molecule has 1 fully saturated rings. The van der Waals surface area contributed by atoms with Crippen LogP contribution in [0, 0.1) is 4.51 Å². The average Bonchev–Trinajstić information content (AvgIpc) is 2.52. The summed E-state index contributed by atoms with van der Waals surface area (Å²) >= 11 is 9.19. The molecule has 0 unspecified atom stereocenters. The number of imide groups is 1. The Morgan fingerprint density at radius 3 is 2.53 bits per heavy atom. The van der Waals surface area contributed by atoms with Crippen molar-refractivity contribution in [1.82, 2.24) is 4.98 Å². The number of carbonyl (C=O) groups is 2. The Kier molecular flexibility index (Phi) is 2.62. The second kappa shape index (κ2) is 3.79. The number of rotatable bonds is 1. The molecular formula is C9H8N2O2S2. The molecule has 4 nitrogen and oxygen atoms in total. The lowest BCUT2D eigenvalue weighted by Gasteiger charge is -2.15. The lowest BCUT2D eigenvalue weighted by atomic mass is 10.4. The molecule has 78 valence electrons. The third-order valence-electron chi connectivity index (χ3n) is 2.19. The molecular weight excluding hydrogens is 232 g/mol. The minimum atomic E-state index is -0.216. The van der Waals surface area contributed by atoms with Crippen molar-refractivity contribution in [2.24, 2.45) is 0 Å². The molecule has 2 heterocycles. The van der Waals surface area contributed by atoms with Gasteiger partial charge in [0, 0.05) is 19.0 Å². The molecule has 2 amide bonds. The van der Waals surface area contributed by atoms with Crippen molar-refractivity contribution in [2.45, 2.75) is 17.7 Å². The molecule has 1 saturated heterocycles. The SMILES string of the molecule is O=C1CCC(=O)N1c1[nH]ccc(=S)c1S. The number of anilines is 1. The lowest BCUT2D eigenvalue weighted by molar-refractivity contribution is -0.121. The van der Waals surface area contributed by atoms with Crippen LogP contribution in [-0.4, -0.2) is 16.8 Å². The molecule has 1 N–H and O–H groups in total. The number of hydrogen-bond acceptors (Lipinski definition) is 4. The fourth-order valence-corrected chi connectivity index (χ4v) is 1.86. The second-order valence-corrected chi connectivity index (χ2v) is 4.05. The van der Waals surface area contributed by atoms with Crippen LogP contribution in [0.2, 0.25) is 0 Å². The first-order chi connectivity index (χ1) is 7.11. The first-order valence-electron chi connectivity index (χ1n) is 4.37. The Morgan fingerprint density at radius 2 is 1.93 bits per heavy atom. The van der Waals surface area contributed by atoms with E-state index < -0.39 is 0 Å². The molecule has 1 aromatic heterocycles. The highest BCUT2D eigenvalue weighted by Crippen LogP contribution is 2.26. The summed E-state index contributed by atoms with van der Waals surface area (Å²) in [5, 5.41) is 0. The molecule has 2 rings (SSSR count). The van der Waals surface area contributed by atoms with Gasteiger partial charge in [-0.15, -0.1) is 12.6 Å². The molecule has 15 heavy (non-hydrogen) atoms. The standard InChI is InChI=1S/C9H8N2O2S2/c12-6-1-2-7(13)11(6)9-8(15)5(14)3-4-10-9/h3-4,15H,1-2H2,(H,10,14). The zero-order chi connectivity index (χ0) is 11.0. The van der Waals surface area contributed by atoms with E-state index in [4.69, 9.17) is 12.2 Å². The fraction of sp³-hybridized carbons (Fsp3) is 0.222. The molecule has 0 spiro atoms. The van der Waals surface area contributed by atoms with Crippen molar-refractivity contribution in [1.29, 1.82) is 0 Å². The van der Waals surface area contributed by atoms with Gasteiger partial charge < -0.3 is 4.98 Å². The van der Waals surface area contributed by atoms with Crippen molar-refractivity contribution >= 4 is 42.5 Å². The van der Waals surface area contributed by atoms with Gasteiger partial charge in [-0.2, -0.15) is 0 Å². The number of nitrogens with one attached hydrogen (secondary N) is 1. The zero-order valence-electron chi connectivity index (χ0n) is 7.69. The molecule has 0 atom stereocenters. The first-order valence-corrected chi connectivity index (χ1v) is 5.23. The maximum absolute atomic E-state index is 11.5. The number of thiol groups is 1. The largest absolute Gasteiger partial charge is 0.347 e. The van der Waals surface area contributed by atoms with Crippen LogP contribution in [-0.2, 0) is 9.59 Å². The quantitative estimate of drug-likeness (QED) is 0.446. The van der Waals surface area contributed by atoms with Crippen molar-refractivity contribution in [3.63, 3.8) is 0 Å². The molecule has 1 aliphatic heterocycles. The van der Waals surface area contributed by atoms with E-state index in [2.05, 4.69) is 17.6 Å². The van der Waals surface area contributed by atoms with Crippen LogP contribution < -0.4 is 4.90 Å². The van der Waals surface area contributed by atoms with E-state index in [1.54, 1.807) is 12.3 Å². The van der Waals surface area contributed by atoms with E-state index in [-0.39, 0.29) is 24.7 Å². The highest BCUT2D eigenvalue weighted by Gasteiger charge is 2.31. The van der Waals surface area contributed by atoms with Gasteiger partial charge in [0.05, 0.1) is 9.41 Å². The van der Waals surface area contributed by atoms with Crippen LogP contribution in [0.4, 0.5) is 5.82 Å². The van der Waals surface area contributed by atoms with Crippen LogP contribution in [0.3, 0.4) is 0 Å². The minimum absolute atomic E-state index is 0.216. The summed E-state index contributed by atoms with van der Waals surface area (Å²) in [6, 6.07) is 1.66. The van der Waals surface area contributed by atoms with Crippen molar-refractivity contribution in [3.05, 3.63) is 16.8 Å². The number of aromatic amines is 1. The van der Waals surface area contributed by atoms with E-state index in [1.165, 1.54) is 0 Å². The highest BCUT2D eigenvalue weighted by atomic mass is 32.1. The number of aromatic nitrogens is 1. The zero-order valence-corrected chi connectivity index (χ0v) is 9.40. The number of hydrogen-bond donors (Lipinski definition) is 2. The van der Waals surface area contributed by atoms with E-state index in [0.29, 0.717) is 15.2 Å². The number of nitrogens with zero attached hydrogens (tertiary/aromatic N) is 1. The minimum Gasteiger partial charge on any atom is -0.347 e. The Bertz CT molecular complexity index is 479. The van der Waals surface area contributed by atoms with Gasteiger partial charge in [0.15, 0.2) is 0 Å². The van der Waals surface area contributed by atoms with Crippen LogP contribution in [0.5, 0.6) is 0 Å². The van der Waals surface area contributed by atoms with Crippen molar-refractivity contribution in [3.8, 4) is 0 Å². The number of H-pyrrole nitrogens is 1. The molecule has 0 aromatic carbocycles. The van der Waals surface area contributed by atoms with Gasteiger partial charge in [-0.05, 0) is 6.07 Å². The average molecular weight is 240 g/mol. The Balaban J connectivity index is 2.54. The van der Waals surface area contributed by atoms with Crippen molar-refractivity contribution in [2.75, 3.05) is 4.90 Å². The molecule has 0 saturated carbocycles. The predicted octanol–water partition coefficient (Wildman–Crippen LogP) is 1.69. The van der Waals surface area contributed by atoms with Crippen molar-refractivity contribution < 1.29 is 9.59 Å². The third kappa shape index (κ3) is 1.70. The number of amides is 2.